The van der Waals surface area contributed by atoms with Gasteiger partial charge in [0, 0.05) is 30.7 Å². The lowest BCUT2D eigenvalue weighted by Crippen LogP contribution is -2.25. The second-order valence-electron chi connectivity index (χ2n) is 6.31. The summed E-state index contributed by atoms with van der Waals surface area (Å²) in [4.78, 5) is 21.1. The highest BCUT2D eigenvalue weighted by molar-refractivity contribution is 5.93. The van der Waals surface area contributed by atoms with Crippen molar-refractivity contribution in [3.05, 3.63) is 89.9 Å². The summed E-state index contributed by atoms with van der Waals surface area (Å²) >= 11 is 0. The zero-order valence-corrected chi connectivity index (χ0v) is 15.4. The van der Waals surface area contributed by atoms with Crippen molar-refractivity contribution in [2.45, 2.75) is 20.0 Å². The second-order valence-corrected chi connectivity index (χ2v) is 6.31. The van der Waals surface area contributed by atoms with Gasteiger partial charge in [-0.3, -0.25) is 9.36 Å². The van der Waals surface area contributed by atoms with E-state index in [9.17, 15) is 4.79 Å². The van der Waals surface area contributed by atoms with E-state index in [-0.39, 0.29) is 5.91 Å². The number of hydrogen-bond acceptors (Lipinski definition) is 5. The van der Waals surface area contributed by atoms with Gasteiger partial charge in [-0.05, 0) is 18.6 Å². The van der Waals surface area contributed by atoms with Crippen LogP contribution >= 0.6 is 0 Å². The third-order valence-electron chi connectivity index (χ3n) is 4.43. The summed E-state index contributed by atoms with van der Waals surface area (Å²) < 4.78 is 3.54. The number of amides is 1. The molecule has 0 atom stereocenters. The van der Waals surface area contributed by atoms with Crippen LogP contribution in [0.3, 0.4) is 0 Å². The number of pyridine rings is 1. The van der Waals surface area contributed by atoms with E-state index in [2.05, 4.69) is 25.6 Å². The molecule has 0 spiro atoms. The third kappa shape index (κ3) is 3.66. The van der Waals surface area contributed by atoms with Crippen molar-refractivity contribution in [1.29, 1.82) is 0 Å². The molecule has 0 unspecified atom stereocenters. The van der Waals surface area contributed by atoms with E-state index in [1.165, 1.54) is 0 Å². The quantitative estimate of drug-likeness (QED) is 0.559. The highest BCUT2D eigenvalue weighted by Gasteiger charge is 2.17. The van der Waals surface area contributed by atoms with Crippen molar-refractivity contribution in [2.75, 3.05) is 0 Å². The molecule has 4 rings (SSSR count). The molecule has 8 nitrogen and oxygen atoms in total. The molecular formula is C20H19N7O. The van der Waals surface area contributed by atoms with E-state index in [0.717, 1.165) is 22.6 Å². The van der Waals surface area contributed by atoms with Crippen LogP contribution in [0.5, 0.6) is 0 Å². The van der Waals surface area contributed by atoms with Gasteiger partial charge in [0.25, 0.3) is 5.91 Å². The van der Waals surface area contributed by atoms with Gasteiger partial charge in [-0.15, -0.1) is 5.10 Å². The first kappa shape index (κ1) is 17.6. The van der Waals surface area contributed by atoms with E-state index in [1.54, 1.807) is 23.4 Å². The Morgan fingerprint density at radius 3 is 2.75 bits per heavy atom. The van der Waals surface area contributed by atoms with Gasteiger partial charge < -0.3 is 5.32 Å². The van der Waals surface area contributed by atoms with Gasteiger partial charge in [0.15, 0.2) is 5.69 Å². The van der Waals surface area contributed by atoms with Crippen LogP contribution in [0.2, 0.25) is 0 Å². The van der Waals surface area contributed by atoms with E-state index >= 15 is 0 Å². The summed E-state index contributed by atoms with van der Waals surface area (Å²) in [7, 11) is 0. The molecule has 1 aromatic carbocycles. The molecule has 0 aliphatic rings. The fraction of sp³-hybridized carbons (Fsp3) is 0.150. The van der Waals surface area contributed by atoms with Crippen LogP contribution in [0, 0.1) is 6.92 Å². The van der Waals surface area contributed by atoms with Crippen molar-refractivity contribution in [3.63, 3.8) is 0 Å². The fourth-order valence-corrected chi connectivity index (χ4v) is 2.92. The molecule has 0 saturated heterocycles. The maximum absolute atomic E-state index is 12.6. The number of benzene rings is 1. The average Bonchev–Trinajstić information content (AvgIpc) is 3.38. The zero-order chi connectivity index (χ0) is 19.3. The van der Waals surface area contributed by atoms with Crippen molar-refractivity contribution < 1.29 is 4.79 Å². The molecule has 4 aromatic rings. The number of nitrogens with zero attached hydrogens (tertiary/aromatic N) is 6. The summed E-state index contributed by atoms with van der Waals surface area (Å²) in [5.74, 6) is 0.460. The van der Waals surface area contributed by atoms with Crippen molar-refractivity contribution in [3.8, 4) is 5.82 Å². The summed E-state index contributed by atoms with van der Waals surface area (Å²) in [6, 6.07) is 13.7. The molecule has 0 bridgehead atoms. The largest absolute Gasteiger partial charge is 0.346 e. The lowest BCUT2D eigenvalue weighted by Gasteiger charge is -2.09. The number of carbonyl (C=O) groups excluding carboxylic acids is 1. The standard InChI is InChI=1S/C20H19N7O/c1-15-18(24-25-27(15)13-16-6-3-2-4-7-16)20(28)23-12-17-8-5-9-22-19(17)26-11-10-21-14-26/h2-11,14H,12-13H2,1H3,(H,23,28). The minimum atomic E-state index is -0.266. The fourth-order valence-electron chi connectivity index (χ4n) is 2.92. The maximum Gasteiger partial charge on any atom is 0.274 e. The maximum atomic E-state index is 12.6. The molecule has 0 aliphatic carbocycles. The van der Waals surface area contributed by atoms with Crippen molar-refractivity contribution >= 4 is 5.91 Å². The molecule has 1 amide bonds. The Bertz CT molecular complexity index is 1070. The molecule has 3 heterocycles. The van der Waals surface area contributed by atoms with Gasteiger partial charge >= 0.3 is 0 Å². The first-order valence-electron chi connectivity index (χ1n) is 8.87. The van der Waals surface area contributed by atoms with E-state index in [4.69, 9.17) is 0 Å². The number of aromatic nitrogens is 6. The smallest absolute Gasteiger partial charge is 0.274 e. The van der Waals surface area contributed by atoms with Crippen molar-refractivity contribution in [2.24, 2.45) is 0 Å². The zero-order valence-electron chi connectivity index (χ0n) is 15.4. The Labute approximate surface area is 161 Å². The van der Waals surface area contributed by atoms with Gasteiger partial charge in [0.05, 0.1) is 12.2 Å². The highest BCUT2D eigenvalue weighted by Crippen LogP contribution is 2.12. The molecule has 0 fully saturated rings. The number of carbonyl (C=O) groups is 1. The highest BCUT2D eigenvalue weighted by atomic mass is 16.2. The van der Waals surface area contributed by atoms with Gasteiger partial charge in [-0.25, -0.2) is 14.6 Å². The average molecular weight is 373 g/mol. The van der Waals surface area contributed by atoms with E-state index in [1.807, 2.05) is 60.2 Å². The summed E-state index contributed by atoms with van der Waals surface area (Å²) in [5.41, 5.74) is 3.03. The second kappa shape index (κ2) is 7.83. The normalized spacial score (nSPS) is 10.8. The molecule has 28 heavy (non-hydrogen) atoms. The molecular weight excluding hydrogens is 354 g/mol. The van der Waals surface area contributed by atoms with Crippen LogP contribution < -0.4 is 5.32 Å². The predicted octanol–water partition coefficient (Wildman–Crippen LogP) is 2.15. The Kier molecular flexibility index (Phi) is 4.92. The van der Waals surface area contributed by atoms with E-state index in [0.29, 0.717) is 18.8 Å². The van der Waals surface area contributed by atoms with Gasteiger partial charge in [-0.1, -0.05) is 41.6 Å². The minimum absolute atomic E-state index is 0.266. The van der Waals surface area contributed by atoms with Crippen LogP contribution in [0.1, 0.15) is 27.3 Å². The van der Waals surface area contributed by atoms with Crippen LogP contribution in [0.15, 0.2) is 67.4 Å². The molecule has 0 saturated carbocycles. The van der Waals surface area contributed by atoms with Crippen LogP contribution in [0.4, 0.5) is 0 Å². The van der Waals surface area contributed by atoms with E-state index < -0.39 is 0 Å². The van der Waals surface area contributed by atoms with Gasteiger partial charge in [0.1, 0.15) is 12.1 Å². The van der Waals surface area contributed by atoms with Gasteiger partial charge in [0.2, 0.25) is 0 Å². The first-order chi connectivity index (χ1) is 13.7. The Morgan fingerprint density at radius 2 is 1.96 bits per heavy atom. The number of rotatable bonds is 6. The number of nitrogens with one attached hydrogen (secondary N) is 1. The molecule has 0 aliphatic heterocycles. The SMILES string of the molecule is Cc1c(C(=O)NCc2cccnc2-n2ccnc2)nnn1Cc1ccccc1. The minimum Gasteiger partial charge on any atom is -0.346 e. The van der Waals surface area contributed by atoms with Crippen LogP contribution in [0.25, 0.3) is 5.82 Å². The summed E-state index contributed by atoms with van der Waals surface area (Å²) in [5, 5.41) is 11.1. The molecule has 140 valence electrons. The Hall–Kier alpha value is -3.81. The topological polar surface area (TPSA) is 90.5 Å². The first-order valence-corrected chi connectivity index (χ1v) is 8.87. The lowest BCUT2D eigenvalue weighted by atomic mass is 10.2. The summed E-state index contributed by atoms with van der Waals surface area (Å²) in [6.45, 7) is 2.74. The lowest BCUT2D eigenvalue weighted by molar-refractivity contribution is 0.0945. The molecule has 8 heteroatoms. The third-order valence-corrected chi connectivity index (χ3v) is 4.43. The Morgan fingerprint density at radius 1 is 1.11 bits per heavy atom. The molecule has 3 aromatic heterocycles. The molecule has 0 radical (unpaired) electrons. The number of hydrogen-bond donors (Lipinski definition) is 1. The Balaban J connectivity index is 1.47. The van der Waals surface area contributed by atoms with Gasteiger partial charge in [-0.2, -0.15) is 0 Å². The predicted molar refractivity (Wildman–Crippen MR) is 103 cm³/mol. The number of imidazole rings is 1. The summed E-state index contributed by atoms with van der Waals surface area (Å²) in [6.07, 6.45) is 6.88. The van der Waals surface area contributed by atoms with Crippen LogP contribution in [-0.4, -0.2) is 35.4 Å². The molecule has 1 N–H and O–H groups in total. The van der Waals surface area contributed by atoms with Crippen LogP contribution in [-0.2, 0) is 13.1 Å². The monoisotopic (exact) mass is 373 g/mol. The van der Waals surface area contributed by atoms with Crippen molar-refractivity contribution in [1.82, 2.24) is 34.8 Å².